The van der Waals surface area contributed by atoms with Crippen molar-refractivity contribution in [2.75, 3.05) is 0 Å². The Hall–Kier alpha value is -2.03. The monoisotopic (exact) mass is 241 g/mol. The van der Waals surface area contributed by atoms with Crippen LogP contribution in [0.3, 0.4) is 0 Å². The standard InChI is InChI=1S/C15H15NO2/c1-10-14(15(17)18)12-8-5-9-13(12)16(10)11-6-3-2-4-7-11/h2-4,6-7H,5,8-9H2,1H3,(H,17,18). The third-order valence-corrected chi connectivity index (χ3v) is 3.69. The Morgan fingerprint density at radius 1 is 1.22 bits per heavy atom. The van der Waals surface area contributed by atoms with E-state index >= 15 is 0 Å². The topological polar surface area (TPSA) is 42.2 Å². The Morgan fingerprint density at radius 2 is 1.94 bits per heavy atom. The van der Waals surface area contributed by atoms with Gasteiger partial charge in [0.25, 0.3) is 0 Å². The van der Waals surface area contributed by atoms with Gasteiger partial charge in [-0.1, -0.05) is 18.2 Å². The smallest absolute Gasteiger partial charge is 0.337 e. The van der Waals surface area contributed by atoms with Gasteiger partial charge in [0.2, 0.25) is 0 Å². The number of carboxylic acids is 1. The molecule has 0 saturated carbocycles. The molecule has 0 unspecified atom stereocenters. The second-order valence-electron chi connectivity index (χ2n) is 4.72. The first-order chi connectivity index (χ1) is 8.70. The molecule has 0 spiro atoms. The van der Waals surface area contributed by atoms with E-state index in [1.54, 1.807) is 0 Å². The summed E-state index contributed by atoms with van der Waals surface area (Å²) in [5, 5.41) is 9.38. The summed E-state index contributed by atoms with van der Waals surface area (Å²) in [5.41, 5.74) is 4.62. The maximum atomic E-state index is 11.4. The van der Waals surface area contributed by atoms with Crippen LogP contribution in [0.2, 0.25) is 0 Å². The molecule has 92 valence electrons. The summed E-state index contributed by atoms with van der Waals surface area (Å²) in [6.45, 7) is 1.90. The highest BCUT2D eigenvalue weighted by Gasteiger charge is 2.27. The number of benzene rings is 1. The number of hydrogen-bond donors (Lipinski definition) is 1. The lowest BCUT2D eigenvalue weighted by Gasteiger charge is -2.10. The average molecular weight is 241 g/mol. The third-order valence-electron chi connectivity index (χ3n) is 3.69. The molecule has 0 fully saturated rings. The molecular formula is C15H15NO2. The lowest BCUT2D eigenvalue weighted by molar-refractivity contribution is 0.0695. The lowest BCUT2D eigenvalue weighted by Crippen LogP contribution is -2.04. The molecule has 3 rings (SSSR count). The molecular weight excluding hydrogens is 226 g/mol. The fourth-order valence-electron chi connectivity index (χ4n) is 2.99. The maximum Gasteiger partial charge on any atom is 0.337 e. The number of para-hydroxylation sites is 1. The van der Waals surface area contributed by atoms with Crippen molar-refractivity contribution in [3.63, 3.8) is 0 Å². The summed E-state index contributed by atoms with van der Waals surface area (Å²) < 4.78 is 2.10. The molecule has 2 aromatic rings. The van der Waals surface area contributed by atoms with E-state index in [0.717, 1.165) is 36.2 Å². The second kappa shape index (κ2) is 4.02. The van der Waals surface area contributed by atoms with E-state index in [-0.39, 0.29) is 0 Å². The number of aromatic carboxylic acids is 1. The van der Waals surface area contributed by atoms with Gasteiger partial charge in [-0.05, 0) is 43.9 Å². The Kier molecular flexibility index (Phi) is 2.47. The highest BCUT2D eigenvalue weighted by molar-refractivity contribution is 5.92. The van der Waals surface area contributed by atoms with E-state index in [9.17, 15) is 9.90 Å². The Balaban J connectivity index is 2.28. The van der Waals surface area contributed by atoms with Crippen LogP contribution in [0.25, 0.3) is 5.69 Å². The van der Waals surface area contributed by atoms with Crippen molar-refractivity contribution >= 4 is 5.97 Å². The van der Waals surface area contributed by atoms with Crippen molar-refractivity contribution in [1.82, 2.24) is 4.57 Å². The number of nitrogens with zero attached hydrogens (tertiary/aromatic N) is 1. The van der Waals surface area contributed by atoms with E-state index in [0.29, 0.717) is 5.56 Å². The zero-order valence-corrected chi connectivity index (χ0v) is 10.3. The second-order valence-corrected chi connectivity index (χ2v) is 4.72. The molecule has 3 heteroatoms. The lowest BCUT2D eigenvalue weighted by atomic mass is 10.1. The molecule has 0 amide bonds. The summed E-state index contributed by atoms with van der Waals surface area (Å²) in [6.07, 6.45) is 2.91. The number of hydrogen-bond acceptors (Lipinski definition) is 1. The maximum absolute atomic E-state index is 11.4. The van der Waals surface area contributed by atoms with Crippen molar-refractivity contribution < 1.29 is 9.90 Å². The highest BCUT2D eigenvalue weighted by atomic mass is 16.4. The van der Waals surface area contributed by atoms with Gasteiger partial charge in [-0.25, -0.2) is 4.79 Å². The van der Waals surface area contributed by atoms with Crippen molar-refractivity contribution in [3.8, 4) is 5.69 Å². The van der Waals surface area contributed by atoms with E-state index in [1.165, 1.54) is 5.69 Å². The zero-order chi connectivity index (χ0) is 12.7. The Morgan fingerprint density at radius 3 is 2.61 bits per heavy atom. The predicted molar refractivity (Wildman–Crippen MR) is 69.5 cm³/mol. The first-order valence-electron chi connectivity index (χ1n) is 6.22. The van der Waals surface area contributed by atoms with Gasteiger partial charge in [0, 0.05) is 17.1 Å². The molecule has 0 saturated heterocycles. The normalized spacial score (nSPS) is 13.6. The Bertz CT molecular complexity index is 611. The quantitative estimate of drug-likeness (QED) is 0.878. The van der Waals surface area contributed by atoms with Crippen LogP contribution in [0.4, 0.5) is 0 Å². The molecule has 1 heterocycles. The first kappa shape index (κ1) is 11.1. The van der Waals surface area contributed by atoms with Crippen LogP contribution in [-0.2, 0) is 12.8 Å². The van der Waals surface area contributed by atoms with Crippen LogP contribution < -0.4 is 0 Å². The number of fused-ring (bicyclic) bond motifs is 1. The van der Waals surface area contributed by atoms with Crippen molar-refractivity contribution in [3.05, 3.63) is 52.8 Å². The molecule has 1 aromatic carbocycles. The van der Waals surface area contributed by atoms with Crippen LogP contribution in [0.15, 0.2) is 30.3 Å². The summed E-state index contributed by atoms with van der Waals surface area (Å²) >= 11 is 0. The summed E-state index contributed by atoms with van der Waals surface area (Å²) in [5.74, 6) is -0.805. The van der Waals surface area contributed by atoms with E-state index in [4.69, 9.17) is 0 Å². The fraction of sp³-hybridized carbons (Fsp3) is 0.267. The van der Waals surface area contributed by atoms with Gasteiger partial charge in [0.05, 0.1) is 5.56 Å². The fourth-order valence-corrected chi connectivity index (χ4v) is 2.99. The molecule has 1 aromatic heterocycles. The van der Waals surface area contributed by atoms with E-state index in [1.807, 2.05) is 37.3 Å². The van der Waals surface area contributed by atoms with Gasteiger partial charge in [-0.3, -0.25) is 0 Å². The van der Waals surface area contributed by atoms with Crippen molar-refractivity contribution in [1.29, 1.82) is 0 Å². The molecule has 0 aliphatic heterocycles. The summed E-state index contributed by atoms with van der Waals surface area (Å²) in [6, 6.07) is 9.99. The molecule has 3 nitrogen and oxygen atoms in total. The minimum Gasteiger partial charge on any atom is -0.478 e. The molecule has 18 heavy (non-hydrogen) atoms. The summed E-state index contributed by atoms with van der Waals surface area (Å²) in [4.78, 5) is 11.4. The number of aromatic nitrogens is 1. The molecule has 1 aliphatic rings. The molecule has 1 aliphatic carbocycles. The van der Waals surface area contributed by atoms with Gasteiger partial charge < -0.3 is 9.67 Å². The van der Waals surface area contributed by atoms with Crippen LogP contribution in [-0.4, -0.2) is 15.6 Å². The molecule has 0 atom stereocenters. The number of carbonyl (C=O) groups is 1. The van der Waals surface area contributed by atoms with Crippen molar-refractivity contribution in [2.45, 2.75) is 26.2 Å². The first-order valence-corrected chi connectivity index (χ1v) is 6.22. The van der Waals surface area contributed by atoms with Crippen LogP contribution >= 0.6 is 0 Å². The van der Waals surface area contributed by atoms with Crippen LogP contribution in [0, 0.1) is 6.92 Å². The zero-order valence-electron chi connectivity index (χ0n) is 10.3. The molecule has 0 radical (unpaired) electrons. The summed E-state index contributed by atoms with van der Waals surface area (Å²) in [7, 11) is 0. The molecule has 1 N–H and O–H groups in total. The number of rotatable bonds is 2. The van der Waals surface area contributed by atoms with Crippen LogP contribution in [0.5, 0.6) is 0 Å². The van der Waals surface area contributed by atoms with Gasteiger partial charge in [0.1, 0.15) is 0 Å². The van der Waals surface area contributed by atoms with Crippen LogP contribution in [0.1, 0.15) is 33.7 Å². The average Bonchev–Trinajstić information content (AvgIpc) is 2.88. The minimum absolute atomic E-state index is 0.506. The Labute approximate surface area is 106 Å². The largest absolute Gasteiger partial charge is 0.478 e. The molecule has 0 bridgehead atoms. The van der Waals surface area contributed by atoms with Gasteiger partial charge in [0.15, 0.2) is 0 Å². The van der Waals surface area contributed by atoms with E-state index < -0.39 is 5.97 Å². The number of carboxylic acid groups (broad SMARTS) is 1. The SMILES string of the molecule is Cc1c(C(=O)O)c2c(n1-c1ccccc1)CCC2. The third kappa shape index (κ3) is 1.47. The predicted octanol–water partition coefficient (Wildman–Crippen LogP) is 2.97. The van der Waals surface area contributed by atoms with Gasteiger partial charge in [-0.15, -0.1) is 0 Å². The van der Waals surface area contributed by atoms with Gasteiger partial charge in [-0.2, -0.15) is 0 Å². The highest BCUT2D eigenvalue weighted by Crippen LogP contribution is 2.33. The van der Waals surface area contributed by atoms with Gasteiger partial charge >= 0.3 is 5.97 Å². The van der Waals surface area contributed by atoms with E-state index in [2.05, 4.69) is 4.57 Å². The minimum atomic E-state index is -0.805. The van der Waals surface area contributed by atoms with Crippen molar-refractivity contribution in [2.24, 2.45) is 0 Å².